The highest BCUT2D eigenvalue weighted by Crippen LogP contribution is 2.66. The molecule has 4 heteroatoms. The molecule has 10 atom stereocenters. The van der Waals surface area contributed by atoms with Crippen molar-refractivity contribution < 1.29 is 4.79 Å². The molecule has 3 N–H and O–H groups in total. The van der Waals surface area contributed by atoms with Gasteiger partial charge in [-0.15, -0.1) is 0 Å². The predicted octanol–water partition coefficient (Wildman–Crippen LogP) is 9.56. The van der Waals surface area contributed by atoms with Crippen molar-refractivity contribution >= 4 is 17.3 Å². The molecule has 46 heavy (non-hydrogen) atoms. The number of hydrogen-bond acceptors (Lipinski definition) is 3. The maximum absolute atomic E-state index is 13.3. The van der Waals surface area contributed by atoms with Crippen LogP contribution in [0.3, 0.4) is 0 Å². The summed E-state index contributed by atoms with van der Waals surface area (Å²) < 4.78 is 0. The largest absolute Gasteiger partial charge is 0.399 e. The first-order chi connectivity index (χ1) is 21.7. The fraction of sp³-hybridized carbons (Fsp3) is 0.643. The van der Waals surface area contributed by atoms with E-state index in [1.54, 1.807) is 0 Å². The number of hydrogen-bond donors (Lipinski definition) is 2. The highest BCUT2D eigenvalue weighted by Gasteiger charge is 2.64. The zero-order valence-electron chi connectivity index (χ0n) is 29.6. The molecule has 4 saturated carbocycles. The average molecular weight is 622 g/mol. The Balaban J connectivity index is 1.10. The van der Waals surface area contributed by atoms with Gasteiger partial charge in [-0.1, -0.05) is 72.4 Å². The molecule has 5 aliphatic rings. The summed E-state index contributed by atoms with van der Waals surface area (Å²) in [6, 6.07) is 18.3. The fourth-order valence-corrected chi connectivity index (χ4v) is 11.6. The molecule has 4 nitrogen and oxygen atoms in total. The average Bonchev–Trinajstić information content (AvgIpc) is 3.55. The van der Waals surface area contributed by atoms with Gasteiger partial charge in [-0.2, -0.15) is 0 Å². The van der Waals surface area contributed by atoms with Crippen LogP contribution in [-0.4, -0.2) is 22.4 Å². The van der Waals surface area contributed by atoms with Crippen LogP contribution in [0.5, 0.6) is 0 Å². The first kappa shape index (κ1) is 31.8. The van der Waals surface area contributed by atoms with Gasteiger partial charge in [-0.25, -0.2) is 0 Å². The van der Waals surface area contributed by atoms with E-state index in [4.69, 9.17) is 5.73 Å². The Morgan fingerprint density at radius 2 is 1.54 bits per heavy atom. The summed E-state index contributed by atoms with van der Waals surface area (Å²) in [7, 11) is 0. The topological polar surface area (TPSA) is 58.4 Å². The number of rotatable bonds is 8. The maximum Gasteiger partial charge on any atom is 0.223 e. The summed E-state index contributed by atoms with van der Waals surface area (Å²) in [5, 5.41) is 3.66. The van der Waals surface area contributed by atoms with Crippen molar-refractivity contribution in [3.8, 4) is 0 Å². The van der Waals surface area contributed by atoms with Crippen LogP contribution in [-0.2, 0) is 15.6 Å². The normalized spacial score (nSPS) is 39.3. The number of piperidine rings is 1. The Labute approximate surface area is 279 Å². The van der Waals surface area contributed by atoms with Gasteiger partial charge in [0.2, 0.25) is 5.91 Å². The highest BCUT2D eigenvalue weighted by molar-refractivity contribution is 5.79. The molecule has 1 amide bonds. The van der Waals surface area contributed by atoms with E-state index >= 15 is 0 Å². The number of nitrogen functional groups attached to an aromatic ring is 1. The van der Waals surface area contributed by atoms with Gasteiger partial charge in [0.1, 0.15) is 0 Å². The van der Waals surface area contributed by atoms with Gasteiger partial charge in [0.05, 0.1) is 6.04 Å². The van der Waals surface area contributed by atoms with Crippen molar-refractivity contribution in [2.24, 2.45) is 47.3 Å². The van der Waals surface area contributed by atoms with Gasteiger partial charge in [0, 0.05) is 29.0 Å². The van der Waals surface area contributed by atoms with E-state index in [1.807, 2.05) is 0 Å². The number of benzene rings is 2. The summed E-state index contributed by atoms with van der Waals surface area (Å²) >= 11 is 0. The van der Waals surface area contributed by atoms with Gasteiger partial charge in [0.25, 0.3) is 0 Å². The van der Waals surface area contributed by atoms with Crippen LogP contribution in [0.2, 0.25) is 0 Å². The summed E-state index contributed by atoms with van der Waals surface area (Å²) in [5.41, 5.74) is 12.6. The predicted molar refractivity (Wildman–Crippen MR) is 191 cm³/mol. The molecule has 0 spiro atoms. The minimum atomic E-state index is 0.0251. The molecule has 1 aliphatic heterocycles. The number of amides is 1. The van der Waals surface area contributed by atoms with E-state index in [1.165, 1.54) is 43.2 Å². The fourth-order valence-electron chi connectivity index (χ4n) is 11.6. The second-order valence-corrected chi connectivity index (χ2v) is 18.0. The maximum atomic E-state index is 13.3. The molecule has 1 heterocycles. The molecule has 1 saturated heterocycles. The van der Waals surface area contributed by atoms with E-state index < -0.39 is 0 Å². The van der Waals surface area contributed by atoms with E-state index in [0.29, 0.717) is 30.1 Å². The third kappa shape index (κ3) is 5.21. The van der Waals surface area contributed by atoms with Crippen LogP contribution in [0.1, 0.15) is 111 Å². The van der Waals surface area contributed by atoms with Crippen LogP contribution in [0.25, 0.3) is 0 Å². The zero-order valence-corrected chi connectivity index (χ0v) is 29.6. The molecule has 4 aliphatic carbocycles. The zero-order chi connectivity index (χ0) is 32.8. The lowest BCUT2D eigenvalue weighted by Gasteiger charge is -2.63. The van der Waals surface area contributed by atoms with Crippen molar-refractivity contribution in [1.82, 2.24) is 4.90 Å². The number of nitrogens with zero attached hydrogens (tertiary/aromatic N) is 1. The summed E-state index contributed by atoms with van der Waals surface area (Å²) in [4.78, 5) is 15.5. The monoisotopic (exact) mass is 621 g/mol. The Hall–Kier alpha value is -2.75. The molecule has 7 rings (SSSR count). The van der Waals surface area contributed by atoms with Gasteiger partial charge >= 0.3 is 0 Å². The molecular formula is C42H59N3O. The second-order valence-electron chi connectivity index (χ2n) is 18.0. The third-order valence-electron chi connectivity index (χ3n) is 14.0. The van der Waals surface area contributed by atoms with Gasteiger partial charge < -0.3 is 16.0 Å². The Kier molecular flexibility index (Phi) is 7.72. The molecule has 248 valence electrons. The number of likely N-dealkylation sites (tertiary alicyclic amines) is 1. The number of carbonyl (C=O) groups excluding carboxylic acids is 1. The SMILES string of the molecule is C=C(Nc1ccc(C23CC(C)C4CC(C)(c5ccc(N)cc5)CC(C(C(C)C)C2)C4C3)cc1)[C@@H]1C[C@H]2C[C@@]2(C)N1C(=O)CC(C)C. The number of nitrogens with one attached hydrogen (secondary N) is 1. The van der Waals surface area contributed by atoms with Crippen LogP contribution >= 0.6 is 0 Å². The minimum absolute atomic E-state index is 0.0251. The molecule has 0 aromatic heterocycles. The van der Waals surface area contributed by atoms with E-state index in [-0.39, 0.29) is 28.3 Å². The summed E-state index contributed by atoms with van der Waals surface area (Å²) in [6.45, 7) is 21.1. The van der Waals surface area contributed by atoms with Crippen molar-refractivity contribution in [2.75, 3.05) is 11.1 Å². The van der Waals surface area contributed by atoms with Crippen molar-refractivity contribution in [3.05, 3.63) is 71.9 Å². The molecule has 5 fully saturated rings. The number of carbonyl (C=O) groups is 1. The Bertz CT molecular complexity index is 1480. The van der Waals surface area contributed by atoms with Crippen molar-refractivity contribution in [1.29, 1.82) is 0 Å². The lowest BCUT2D eigenvalue weighted by Crippen LogP contribution is -2.57. The minimum Gasteiger partial charge on any atom is -0.399 e. The first-order valence-electron chi connectivity index (χ1n) is 18.5. The molecule has 2 aromatic carbocycles. The van der Waals surface area contributed by atoms with Crippen LogP contribution in [0, 0.1) is 47.3 Å². The lowest BCUT2D eigenvalue weighted by atomic mass is 9.41. The third-order valence-corrected chi connectivity index (χ3v) is 14.0. The van der Waals surface area contributed by atoms with Crippen molar-refractivity contribution in [2.45, 2.75) is 122 Å². The molecular weight excluding hydrogens is 562 g/mol. The molecule has 2 aromatic rings. The quantitative estimate of drug-likeness (QED) is 0.289. The van der Waals surface area contributed by atoms with E-state index in [9.17, 15) is 4.79 Å². The highest BCUT2D eigenvalue weighted by atomic mass is 16.2. The molecule has 2 bridgehead atoms. The number of anilines is 2. The van der Waals surface area contributed by atoms with E-state index in [0.717, 1.165) is 53.6 Å². The standard InChI is InChI=1S/C42H59N3O/c1-25(2)17-39(46)45-38(18-31-20-41(31,45)8)28(6)44-33-15-11-30(12-16-33)42-19-27(5)35-21-40(7,29-9-13-32(43)14-10-29)22-36(37(35)24-42)34(23-42)26(3)4/h9-16,25-27,31,34-38,44H,6,17-24,43H2,1-5,7-8H3/t27?,31-,34?,35?,36?,37?,38-,40?,41+,42?/m0/s1. The summed E-state index contributed by atoms with van der Waals surface area (Å²) in [6.07, 6.45) is 9.30. The molecule has 0 radical (unpaired) electrons. The Morgan fingerprint density at radius 3 is 2.20 bits per heavy atom. The Morgan fingerprint density at radius 1 is 0.891 bits per heavy atom. The van der Waals surface area contributed by atoms with Gasteiger partial charge in [-0.05, 0) is 145 Å². The van der Waals surface area contributed by atoms with Crippen molar-refractivity contribution in [3.63, 3.8) is 0 Å². The van der Waals surface area contributed by atoms with Gasteiger partial charge in [0.15, 0.2) is 0 Å². The number of fused-ring (bicyclic) bond motifs is 2. The van der Waals surface area contributed by atoms with Gasteiger partial charge in [-0.3, -0.25) is 4.79 Å². The lowest BCUT2D eigenvalue weighted by molar-refractivity contribution is -0.135. The van der Waals surface area contributed by atoms with Crippen LogP contribution in [0.4, 0.5) is 11.4 Å². The molecule has 7 unspecified atom stereocenters. The van der Waals surface area contributed by atoms with E-state index in [2.05, 4.69) is 114 Å². The second kappa shape index (κ2) is 11.2. The van der Waals surface area contributed by atoms with Crippen LogP contribution < -0.4 is 11.1 Å². The van der Waals surface area contributed by atoms with Crippen LogP contribution in [0.15, 0.2) is 60.8 Å². The number of nitrogens with two attached hydrogens (primary N) is 1. The first-order valence-corrected chi connectivity index (χ1v) is 18.5. The summed E-state index contributed by atoms with van der Waals surface area (Å²) in [5.74, 6) is 5.76. The smallest absolute Gasteiger partial charge is 0.223 e.